The Hall–Kier alpha value is -2.36. The lowest BCUT2D eigenvalue weighted by Crippen LogP contribution is -2.32. The number of carbonyl (C=O) groups excluding carboxylic acids is 1. The number of carboxylic acids is 1. The normalized spacial score (nSPS) is 18.9. The second kappa shape index (κ2) is 6.18. The van der Waals surface area contributed by atoms with E-state index in [1.807, 2.05) is 42.5 Å². The summed E-state index contributed by atoms with van der Waals surface area (Å²) < 4.78 is 0. The number of carbonyl (C=O) groups is 2. The summed E-state index contributed by atoms with van der Waals surface area (Å²) in [6.45, 7) is 1.15. The summed E-state index contributed by atoms with van der Waals surface area (Å²) in [6, 6.07) is 13.7. The fraction of sp³-hybridized carbons (Fsp3) is 0.333. The fourth-order valence-corrected chi connectivity index (χ4v) is 3.05. The van der Waals surface area contributed by atoms with Gasteiger partial charge in [0.25, 0.3) is 5.91 Å². The van der Waals surface area contributed by atoms with Gasteiger partial charge in [-0.1, -0.05) is 30.3 Å². The summed E-state index contributed by atoms with van der Waals surface area (Å²) in [7, 11) is 0. The van der Waals surface area contributed by atoms with Crippen LogP contribution in [0.5, 0.6) is 0 Å². The van der Waals surface area contributed by atoms with Crippen molar-refractivity contribution in [2.75, 3.05) is 13.1 Å². The monoisotopic (exact) mass is 297 g/mol. The molecule has 2 aromatic carbocycles. The van der Waals surface area contributed by atoms with Gasteiger partial charge in [0.05, 0.1) is 5.92 Å². The predicted molar refractivity (Wildman–Crippen MR) is 84.8 cm³/mol. The number of rotatable bonds is 2. The van der Waals surface area contributed by atoms with E-state index in [2.05, 4.69) is 0 Å². The van der Waals surface area contributed by atoms with Crippen LogP contribution in [0.2, 0.25) is 0 Å². The van der Waals surface area contributed by atoms with E-state index in [4.69, 9.17) is 5.11 Å². The van der Waals surface area contributed by atoms with E-state index in [0.29, 0.717) is 31.5 Å². The largest absolute Gasteiger partial charge is 0.481 e. The molecule has 1 fully saturated rings. The molecule has 0 aliphatic carbocycles. The number of amides is 1. The first kappa shape index (κ1) is 14.6. The molecule has 0 saturated carbocycles. The highest BCUT2D eigenvalue weighted by Crippen LogP contribution is 2.21. The predicted octanol–water partition coefficient (Wildman–Crippen LogP) is 3.17. The zero-order valence-electron chi connectivity index (χ0n) is 12.4. The Morgan fingerprint density at radius 1 is 1.00 bits per heavy atom. The Morgan fingerprint density at radius 3 is 2.55 bits per heavy atom. The summed E-state index contributed by atoms with van der Waals surface area (Å²) in [5.41, 5.74) is 0.674. The molecule has 4 nitrogen and oxygen atoms in total. The molecule has 0 radical (unpaired) electrons. The number of nitrogens with zero attached hydrogens (tertiary/aromatic N) is 1. The Kier molecular flexibility index (Phi) is 4.09. The molecule has 1 amide bonds. The molecule has 1 heterocycles. The van der Waals surface area contributed by atoms with Crippen LogP contribution >= 0.6 is 0 Å². The Morgan fingerprint density at radius 2 is 1.77 bits per heavy atom. The first-order valence-corrected chi connectivity index (χ1v) is 7.66. The SMILES string of the molecule is O=C(O)C1CCCN(C(=O)c2ccc3ccccc3c2)CC1. The highest BCUT2D eigenvalue weighted by Gasteiger charge is 2.25. The van der Waals surface area contributed by atoms with Gasteiger partial charge in [-0.25, -0.2) is 0 Å². The second-order valence-corrected chi connectivity index (χ2v) is 5.82. The quantitative estimate of drug-likeness (QED) is 0.926. The third-order valence-electron chi connectivity index (χ3n) is 4.36. The minimum Gasteiger partial charge on any atom is -0.481 e. The van der Waals surface area contributed by atoms with Crippen LogP contribution in [-0.2, 0) is 4.79 Å². The molecule has 1 aliphatic rings. The van der Waals surface area contributed by atoms with Crippen molar-refractivity contribution in [1.29, 1.82) is 0 Å². The zero-order valence-corrected chi connectivity index (χ0v) is 12.4. The summed E-state index contributed by atoms with van der Waals surface area (Å²) in [5.74, 6) is -1.08. The topological polar surface area (TPSA) is 57.6 Å². The molecule has 4 heteroatoms. The molecule has 2 aromatic rings. The van der Waals surface area contributed by atoms with Crippen molar-refractivity contribution < 1.29 is 14.7 Å². The van der Waals surface area contributed by atoms with Crippen LogP contribution in [0.1, 0.15) is 29.6 Å². The number of fused-ring (bicyclic) bond motifs is 1. The van der Waals surface area contributed by atoms with Crippen LogP contribution in [0.4, 0.5) is 0 Å². The standard InChI is InChI=1S/C18H19NO3/c20-17(19-10-3-6-14(9-11-19)18(21)22)16-8-7-13-4-1-2-5-15(13)12-16/h1-2,4-5,7-8,12,14H,3,6,9-11H2,(H,21,22). The maximum atomic E-state index is 12.7. The average molecular weight is 297 g/mol. The van der Waals surface area contributed by atoms with E-state index in [1.165, 1.54) is 0 Å². The van der Waals surface area contributed by atoms with Crippen molar-refractivity contribution in [3.8, 4) is 0 Å². The summed E-state index contributed by atoms with van der Waals surface area (Å²) in [4.78, 5) is 25.5. The smallest absolute Gasteiger partial charge is 0.306 e. The van der Waals surface area contributed by atoms with Crippen molar-refractivity contribution in [2.45, 2.75) is 19.3 Å². The zero-order chi connectivity index (χ0) is 15.5. The van der Waals surface area contributed by atoms with Crippen molar-refractivity contribution in [3.05, 3.63) is 48.0 Å². The number of benzene rings is 2. The van der Waals surface area contributed by atoms with Gasteiger partial charge in [-0.3, -0.25) is 9.59 Å². The lowest BCUT2D eigenvalue weighted by molar-refractivity contribution is -0.142. The van der Waals surface area contributed by atoms with E-state index >= 15 is 0 Å². The molecule has 114 valence electrons. The highest BCUT2D eigenvalue weighted by molar-refractivity contribution is 5.98. The van der Waals surface area contributed by atoms with Crippen molar-refractivity contribution in [2.24, 2.45) is 5.92 Å². The lowest BCUT2D eigenvalue weighted by Gasteiger charge is -2.20. The molecule has 1 aliphatic heterocycles. The maximum absolute atomic E-state index is 12.7. The molecule has 0 aromatic heterocycles. The van der Waals surface area contributed by atoms with Crippen molar-refractivity contribution in [1.82, 2.24) is 4.90 Å². The van der Waals surface area contributed by atoms with E-state index in [1.54, 1.807) is 4.90 Å². The van der Waals surface area contributed by atoms with E-state index in [-0.39, 0.29) is 11.8 Å². The van der Waals surface area contributed by atoms with Gasteiger partial charge >= 0.3 is 5.97 Å². The third-order valence-corrected chi connectivity index (χ3v) is 4.36. The molecule has 1 unspecified atom stereocenters. The van der Waals surface area contributed by atoms with Gasteiger partial charge in [0.1, 0.15) is 0 Å². The summed E-state index contributed by atoms with van der Waals surface area (Å²) >= 11 is 0. The maximum Gasteiger partial charge on any atom is 0.306 e. The first-order chi connectivity index (χ1) is 10.6. The molecule has 3 rings (SSSR count). The van der Waals surface area contributed by atoms with E-state index in [9.17, 15) is 9.59 Å². The number of aliphatic carboxylic acids is 1. The summed E-state index contributed by atoms with van der Waals surface area (Å²) in [6.07, 6.45) is 1.93. The Balaban J connectivity index is 1.78. The van der Waals surface area contributed by atoms with Gasteiger partial charge in [-0.2, -0.15) is 0 Å². The Labute approximate surface area is 129 Å². The van der Waals surface area contributed by atoms with Gasteiger partial charge < -0.3 is 10.0 Å². The summed E-state index contributed by atoms with van der Waals surface area (Å²) in [5, 5.41) is 11.3. The second-order valence-electron chi connectivity index (χ2n) is 5.82. The average Bonchev–Trinajstić information content (AvgIpc) is 2.80. The molecule has 1 saturated heterocycles. The highest BCUT2D eigenvalue weighted by atomic mass is 16.4. The minimum absolute atomic E-state index is 0.00297. The van der Waals surface area contributed by atoms with Gasteiger partial charge in [0.2, 0.25) is 0 Å². The van der Waals surface area contributed by atoms with Gasteiger partial charge in [-0.05, 0) is 42.2 Å². The fourth-order valence-electron chi connectivity index (χ4n) is 3.05. The molecule has 0 bridgehead atoms. The molecule has 1 N–H and O–H groups in total. The van der Waals surface area contributed by atoms with Gasteiger partial charge in [0, 0.05) is 18.7 Å². The first-order valence-electron chi connectivity index (χ1n) is 7.66. The van der Waals surface area contributed by atoms with Crippen LogP contribution in [0.25, 0.3) is 10.8 Å². The van der Waals surface area contributed by atoms with Crippen LogP contribution in [0.3, 0.4) is 0 Å². The van der Waals surface area contributed by atoms with Crippen LogP contribution in [0, 0.1) is 5.92 Å². The number of hydrogen-bond acceptors (Lipinski definition) is 2. The van der Waals surface area contributed by atoms with Crippen molar-refractivity contribution >= 4 is 22.6 Å². The third kappa shape index (κ3) is 2.96. The minimum atomic E-state index is -0.750. The molecule has 0 spiro atoms. The Bertz CT molecular complexity index is 710. The number of hydrogen-bond donors (Lipinski definition) is 1. The van der Waals surface area contributed by atoms with E-state index in [0.717, 1.165) is 17.2 Å². The van der Waals surface area contributed by atoms with E-state index < -0.39 is 5.97 Å². The molecule has 22 heavy (non-hydrogen) atoms. The number of carboxylic acid groups (broad SMARTS) is 1. The van der Waals surface area contributed by atoms with Gasteiger partial charge in [0.15, 0.2) is 0 Å². The number of likely N-dealkylation sites (tertiary alicyclic amines) is 1. The molecular formula is C18H19NO3. The van der Waals surface area contributed by atoms with Crippen LogP contribution in [0.15, 0.2) is 42.5 Å². The van der Waals surface area contributed by atoms with Gasteiger partial charge in [-0.15, -0.1) is 0 Å². The van der Waals surface area contributed by atoms with Crippen molar-refractivity contribution in [3.63, 3.8) is 0 Å². The van der Waals surface area contributed by atoms with Crippen LogP contribution < -0.4 is 0 Å². The van der Waals surface area contributed by atoms with Crippen LogP contribution in [-0.4, -0.2) is 35.0 Å². The molecular weight excluding hydrogens is 278 g/mol. The lowest BCUT2D eigenvalue weighted by atomic mass is 10.0. The molecule has 1 atom stereocenters.